The van der Waals surface area contributed by atoms with Crippen LogP contribution >= 0.6 is 23.0 Å². The molecule has 0 radical (unpaired) electrons. The van der Waals surface area contributed by atoms with Gasteiger partial charge in [0.2, 0.25) is 0 Å². The number of hydrogen-bond donors (Lipinski definition) is 0. The highest BCUT2D eigenvalue weighted by molar-refractivity contribution is 14.1. The SMILES string of the molecule is CCCCCC(C)(C)N(CC)OI. The van der Waals surface area contributed by atoms with Gasteiger partial charge in [0.05, 0.1) is 0 Å². The maximum Gasteiger partial charge on any atom is 0.137 e. The zero-order valence-electron chi connectivity index (χ0n) is 9.27. The van der Waals surface area contributed by atoms with Gasteiger partial charge in [0, 0.05) is 12.1 Å². The average molecular weight is 299 g/mol. The van der Waals surface area contributed by atoms with E-state index in [-0.39, 0.29) is 5.54 Å². The summed E-state index contributed by atoms with van der Waals surface area (Å²) in [5.74, 6) is 0. The van der Waals surface area contributed by atoms with Crippen LogP contribution in [0.1, 0.15) is 53.4 Å². The van der Waals surface area contributed by atoms with E-state index in [1.807, 2.05) is 28.1 Å². The van der Waals surface area contributed by atoms with Crippen LogP contribution in [0.2, 0.25) is 0 Å². The first-order valence-corrected chi connectivity index (χ1v) is 6.03. The molecule has 0 amide bonds. The van der Waals surface area contributed by atoms with Crippen LogP contribution in [0.5, 0.6) is 0 Å². The molecule has 3 heteroatoms. The third kappa shape index (κ3) is 5.18. The molecule has 0 rings (SSSR count). The number of unbranched alkanes of at least 4 members (excludes halogenated alkanes) is 2. The van der Waals surface area contributed by atoms with Gasteiger partial charge in [0.15, 0.2) is 0 Å². The molecule has 2 nitrogen and oxygen atoms in total. The number of nitrogens with zero attached hydrogens (tertiary/aromatic N) is 1. The van der Waals surface area contributed by atoms with Crippen molar-refractivity contribution < 1.29 is 3.17 Å². The molecule has 0 spiro atoms. The normalized spacial score (nSPS) is 12.5. The van der Waals surface area contributed by atoms with Crippen LogP contribution in [0.15, 0.2) is 0 Å². The van der Waals surface area contributed by atoms with Gasteiger partial charge in [-0.05, 0) is 20.3 Å². The van der Waals surface area contributed by atoms with E-state index in [0.717, 1.165) is 6.54 Å². The molecule has 0 aliphatic heterocycles. The molecule has 0 unspecified atom stereocenters. The zero-order valence-corrected chi connectivity index (χ0v) is 11.4. The largest absolute Gasteiger partial charge is 0.229 e. The highest BCUT2D eigenvalue weighted by Gasteiger charge is 2.25. The molecule has 0 saturated heterocycles. The van der Waals surface area contributed by atoms with Gasteiger partial charge in [0.25, 0.3) is 0 Å². The van der Waals surface area contributed by atoms with Crippen molar-refractivity contribution in [3.05, 3.63) is 0 Å². The molecule has 0 N–H and O–H groups in total. The van der Waals surface area contributed by atoms with Crippen LogP contribution in [0.4, 0.5) is 0 Å². The summed E-state index contributed by atoms with van der Waals surface area (Å²) in [6, 6.07) is 0. The fourth-order valence-electron chi connectivity index (χ4n) is 1.50. The van der Waals surface area contributed by atoms with E-state index in [1.165, 1.54) is 25.7 Å². The zero-order chi connectivity index (χ0) is 10.3. The summed E-state index contributed by atoms with van der Waals surface area (Å²) >= 11 is 1.96. The molecule has 0 fully saturated rings. The Kier molecular flexibility index (Phi) is 7.36. The minimum atomic E-state index is 0.172. The Morgan fingerprint density at radius 1 is 1.23 bits per heavy atom. The second kappa shape index (κ2) is 7.01. The minimum absolute atomic E-state index is 0.172. The molecule has 0 aromatic heterocycles. The first kappa shape index (κ1) is 13.7. The van der Waals surface area contributed by atoms with Crippen molar-refractivity contribution in [2.75, 3.05) is 6.54 Å². The van der Waals surface area contributed by atoms with Gasteiger partial charge in [-0.3, -0.25) is 0 Å². The summed E-state index contributed by atoms with van der Waals surface area (Å²) in [7, 11) is 0. The summed E-state index contributed by atoms with van der Waals surface area (Å²) in [6.45, 7) is 9.79. The van der Waals surface area contributed by atoms with Crippen molar-refractivity contribution in [1.29, 1.82) is 0 Å². The maximum absolute atomic E-state index is 5.30. The van der Waals surface area contributed by atoms with E-state index in [9.17, 15) is 0 Å². The van der Waals surface area contributed by atoms with Crippen LogP contribution in [0, 0.1) is 0 Å². The predicted octanol–water partition coefficient (Wildman–Crippen LogP) is 3.95. The molecule has 0 saturated carbocycles. The lowest BCUT2D eigenvalue weighted by Gasteiger charge is -2.34. The highest BCUT2D eigenvalue weighted by Crippen LogP contribution is 2.23. The van der Waals surface area contributed by atoms with Gasteiger partial charge < -0.3 is 0 Å². The van der Waals surface area contributed by atoms with E-state index < -0.39 is 0 Å². The summed E-state index contributed by atoms with van der Waals surface area (Å²) in [5.41, 5.74) is 0.172. The summed E-state index contributed by atoms with van der Waals surface area (Å²) < 4.78 is 5.30. The van der Waals surface area contributed by atoms with Gasteiger partial charge >= 0.3 is 0 Å². The van der Waals surface area contributed by atoms with Crippen LogP contribution in [0.25, 0.3) is 0 Å². The molecule has 13 heavy (non-hydrogen) atoms. The van der Waals surface area contributed by atoms with Crippen molar-refractivity contribution in [3.63, 3.8) is 0 Å². The van der Waals surface area contributed by atoms with Crippen molar-refractivity contribution in [2.24, 2.45) is 0 Å². The van der Waals surface area contributed by atoms with Gasteiger partial charge in [-0.2, -0.15) is 5.06 Å². The van der Waals surface area contributed by atoms with Gasteiger partial charge in [0.1, 0.15) is 23.0 Å². The molecule has 0 aromatic rings. The Bertz CT molecular complexity index is 124. The predicted molar refractivity (Wildman–Crippen MR) is 65.7 cm³/mol. The third-order valence-corrected chi connectivity index (χ3v) is 2.91. The fraction of sp³-hybridized carbons (Fsp3) is 1.00. The summed E-state index contributed by atoms with van der Waals surface area (Å²) in [6.07, 6.45) is 5.10. The van der Waals surface area contributed by atoms with Crippen LogP contribution in [-0.4, -0.2) is 17.1 Å². The Balaban J connectivity index is 3.88. The lowest BCUT2D eigenvalue weighted by Crippen LogP contribution is -2.41. The highest BCUT2D eigenvalue weighted by atomic mass is 127. The lowest BCUT2D eigenvalue weighted by atomic mass is 9.96. The molecule has 0 bridgehead atoms. The molecule has 0 aliphatic rings. The number of rotatable bonds is 7. The molecular formula is C10H22INO. The molecule has 80 valence electrons. The molecule has 0 aromatic carbocycles. The van der Waals surface area contributed by atoms with Crippen LogP contribution < -0.4 is 0 Å². The van der Waals surface area contributed by atoms with E-state index in [2.05, 4.69) is 27.7 Å². The first-order valence-electron chi connectivity index (χ1n) is 5.14. The Labute approximate surface area is 96.7 Å². The number of halogens is 1. The second-order valence-electron chi connectivity index (χ2n) is 4.03. The smallest absolute Gasteiger partial charge is 0.137 e. The number of hydroxylamine groups is 2. The molecule has 0 atom stereocenters. The van der Waals surface area contributed by atoms with Crippen LogP contribution in [-0.2, 0) is 3.17 Å². The summed E-state index contributed by atoms with van der Waals surface area (Å²) in [5, 5.41) is 2.04. The van der Waals surface area contributed by atoms with Crippen molar-refractivity contribution in [3.8, 4) is 0 Å². The van der Waals surface area contributed by atoms with E-state index in [4.69, 9.17) is 3.17 Å². The lowest BCUT2D eigenvalue weighted by molar-refractivity contribution is -0.0955. The molecule has 0 aliphatic carbocycles. The fourth-order valence-corrected chi connectivity index (χ4v) is 2.31. The summed E-state index contributed by atoms with van der Waals surface area (Å²) in [4.78, 5) is 0. The quantitative estimate of drug-likeness (QED) is 0.401. The average Bonchev–Trinajstić information content (AvgIpc) is 2.06. The monoisotopic (exact) mass is 299 g/mol. The Morgan fingerprint density at radius 2 is 1.85 bits per heavy atom. The van der Waals surface area contributed by atoms with E-state index in [1.54, 1.807) is 0 Å². The van der Waals surface area contributed by atoms with Gasteiger partial charge in [-0.25, -0.2) is 3.17 Å². The van der Waals surface area contributed by atoms with Crippen molar-refractivity contribution >= 4 is 23.0 Å². The topological polar surface area (TPSA) is 12.5 Å². The van der Waals surface area contributed by atoms with Crippen molar-refractivity contribution in [2.45, 2.75) is 58.9 Å². The Morgan fingerprint density at radius 3 is 2.23 bits per heavy atom. The van der Waals surface area contributed by atoms with E-state index in [0.29, 0.717) is 0 Å². The van der Waals surface area contributed by atoms with E-state index >= 15 is 0 Å². The third-order valence-electron chi connectivity index (χ3n) is 2.44. The van der Waals surface area contributed by atoms with Gasteiger partial charge in [-0.15, -0.1) is 0 Å². The molecular weight excluding hydrogens is 277 g/mol. The molecule has 0 heterocycles. The second-order valence-corrected chi connectivity index (χ2v) is 4.43. The first-order chi connectivity index (χ1) is 6.08. The van der Waals surface area contributed by atoms with Crippen molar-refractivity contribution in [1.82, 2.24) is 5.06 Å². The van der Waals surface area contributed by atoms with Gasteiger partial charge in [-0.1, -0.05) is 33.1 Å². The maximum atomic E-state index is 5.30. The number of hydrogen-bond acceptors (Lipinski definition) is 2. The van der Waals surface area contributed by atoms with Crippen LogP contribution in [0.3, 0.4) is 0 Å². The minimum Gasteiger partial charge on any atom is -0.229 e. The standard InChI is InChI=1S/C10H22INO/c1-5-7-8-9-10(3,4)12(6-2)13-11/h5-9H2,1-4H3. The Hall–Kier alpha value is 0.650.